The third kappa shape index (κ3) is 3.98. The number of piperidine rings is 2. The highest BCUT2D eigenvalue weighted by Crippen LogP contribution is 2.37. The molecule has 2 fully saturated rings. The molecule has 0 aromatic heterocycles. The Morgan fingerprint density at radius 2 is 1.85 bits per heavy atom. The molecule has 0 aliphatic carbocycles. The van der Waals surface area contributed by atoms with Crippen LogP contribution in [0.4, 0.5) is 0 Å². The van der Waals surface area contributed by atoms with E-state index in [1.165, 1.54) is 49.7 Å². The van der Waals surface area contributed by atoms with Gasteiger partial charge in [0.2, 0.25) is 0 Å². The van der Waals surface area contributed by atoms with Gasteiger partial charge in [0.25, 0.3) is 0 Å². The fraction of sp³-hybridized carbons (Fsp3) is 0.667. The predicted octanol–water partition coefficient (Wildman–Crippen LogP) is 3.66. The van der Waals surface area contributed by atoms with Crippen LogP contribution in [-0.4, -0.2) is 57.5 Å². The number of carbonyl (C=O) groups is 1. The van der Waals surface area contributed by atoms with Crippen LogP contribution < -0.4 is 9.47 Å². The van der Waals surface area contributed by atoms with Crippen LogP contribution in [0.2, 0.25) is 0 Å². The Balaban J connectivity index is 1.55. The van der Waals surface area contributed by atoms with Crippen LogP contribution in [0.3, 0.4) is 0 Å². The van der Waals surface area contributed by atoms with Gasteiger partial charge in [0.05, 0.1) is 52.6 Å². The minimum atomic E-state index is -0.289. The summed E-state index contributed by atoms with van der Waals surface area (Å²) in [6.07, 6.45) is 7.56. The summed E-state index contributed by atoms with van der Waals surface area (Å²) in [6.45, 7) is 3.12. The first kappa shape index (κ1) is 19.0. The molecule has 0 N–H and O–H groups in total. The molecule has 1 aromatic rings. The molecule has 2 heterocycles. The average Bonchev–Trinajstić information content (AvgIpc) is 2.66. The van der Waals surface area contributed by atoms with Gasteiger partial charge in [-0.15, -0.1) is 0 Å². The van der Waals surface area contributed by atoms with Gasteiger partial charge in [-0.05, 0) is 56.7 Å². The maximum absolute atomic E-state index is 12.4. The number of methoxy groups -OCH3 is 2. The van der Waals surface area contributed by atoms with Gasteiger partial charge in [-0.2, -0.15) is 0 Å². The summed E-state index contributed by atoms with van der Waals surface area (Å²) in [5, 5.41) is 0. The monoisotopic (exact) mass is 362 g/mol. The zero-order chi connectivity index (χ0) is 18.6. The molecular formula is C21H32NO4+. The van der Waals surface area contributed by atoms with Crippen molar-refractivity contribution in [1.29, 1.82) is 0 Å². The minimum Gasteiger partial charge on any atom is -0.493 e. The van der Waals surface area contributed by atoms with E-state index in [1.807, 2.05) is 0 Å². The Morgan fingerprint density at radius 1 is 1.08 bits per heavy atom. The second-order valence-electron chi connectivity index (χ2n) is 7.89. The third-order valence-corrected chi connectivity index (χ3v) is 6.35. The smallest absolute Gasteiger partial charge is 0.338 e. The maximum Gasteiger partial charge on any atom is 0.338 e. The number of carbonyl (C=O) groups excluding carboxylic acids is 1. The molecule has 144 valence electrons. The summed E-state index contributed by atoms with van der Waals surface area (Å²) in [5.41, 5.74) is 0.504. The molecule has 2 saturated heterocycles. The van der Waals surface area contributed by atoms with Crippen LogP contribution in [0.25, 0.3) is 0 Å². The molecule has 3 atom stereocenters. The number of quaternary nitrogens is 1. The zero-order valence-corrected chi connectivity index (χ0v) is 16.3. The van der Waals surface area contributed by atoms with E-state index in [1.54, 1.807) is 32.4 Å². The van der Waals surface area contributed by atoms with Gasteiger partial charge in [0, 0.05) is 5.92 Å². The lowest BCUT2D eigenvalue weighted by Crippen LogP contribution is -2.60. The highest BCUT2D eigenvalue weighted by Gasteiger charge is 2.43. The molecule has 3 rings (SSSR count). The van der Waals surface area contributed by atoms with Crippen molar-refractivity contribution >= 4 is 5.97 Å². The van der Waals surface area contributed by atoms with Gasteiger partial charge in [-0.25, -0.2) is 4.79 Å². The van der Waals surface area contributed by atoms with Gasteiger partial charge in [0.15, 0.2) is 11.5 Å². The van der Waals surface area contributed by atoms with Crippen molar-refractivity contribution in [3.63, 3.8) is 0 Å². The quantitative estimate of drug-likeness (QED) is 0.572. The number of nitrogens with zero attached hydrogens (tertiary/aromatic N) is 1. The standard InChI is InChI=1S/C21H32NO4/c1-22-12-5-4-8-18(22)16(7-6-13-22)11-14-26-21(23)17-9-10-19(24-2)20(15-17)25-3/h9-10,15-16,18H,4-8,11-14H2,1-3H3/q+1/t16-,18-,22+/m0/s1. The Hall–Kier alpha value is -1.75. The van der Waals surface area contributed by atoms with E-state index < -0.39 is 0 Å². The molecule has 2 aliphatic heterocycles. The number of rotatable bonds is 6. The Morgan fingerprint density at radius 3 is 2.62 bits per heavy atom. The van der Waals surface area contributed by atoms with Crippen LogP contribution in [-0.2, 0) is 4.74 Å². The third-order valence-electron chi connectivity index (χ3n) is 6.35. The fourth-order valence-electron chi connectivity index (χ4n) is 4.92. The molecule has 0 bridgehead atoms. The number of esters is 1. The second-order valence-corrected chi connectivity index (χ2v) is 7.89. The first-order valence-corrected chi connectivity index (χ1v) is 9.81. The van der Waals surface area contributed by atoms with E-state index in [4.69, 9.17) is 14.2 Å². The van der Waals surface area contributed by atoms with Crippen LogP contribution >= 0.6 is 0 Å². The van der Waals surface area contributed by atoms with Crippen molar-refractivity contribution in [2.75, 3.05) is 41.0 Å². The normalized spacial score (nSPS) is 28.1. The molecule has 5 nitrogen and oxygen atoms in total. The van der Waals surface area contributed by atoms with E-state index >= 15 is 0 Å². The summed E-state index contributed by atoms with van der Waals surface area (Å²) >= 11 is 0. The molecular weight excluding hydrogens is 330 g/mol. The van der Waals surface area contributed by atoms with E-state index in [0.29, 0.717) is 29.6 Å². The first-order valence-electron chi connectivity index (χ1n) is 9.81. The highest BCUT2D eigenvalue weighted by atomic mass is 16.5. The average molecular weight is 362 g/mol. The van der Waals surface area contributed by atoms with Crippen LogP contribution in [0.1, 0.15) is 48.9 Å². The van der Waals surface area contributed by atoms with Crippen molar-refractivity contribution in [2.24, 2.45) is 5.92 Å². The lowest BCUT2D eigenvalue weighted by molar-refractivity contribution is -0.947. The van der Waals surface area contributed by atoms with Crippen molar-refractivity contribution < 1.29 is 23.5 Å². The van der Waals surface area contributed by atoms with Crippen molar-refractivity contribution in [3.8, 4) is 11.5 Å². The topological polar surface area (TPSA) is 44.8 Å². The Kier molecular flexibility index (Phi) is 6.07. The first-order chi connectivity index (χ1) is 12.6. The van der Waals surface area contributed by atoms with Gasteiger partial charge >= 0.3 is 5.97 Å². The summed E-state index contributed by atoms with van der Waals surface area (Å²) in [5.74, 6) is 1.54. The molecule has 1 aromatic carbocycles. The van der Waals surface area contributed by atoms with Gasteiger partial charge in [0.1, 0.15) is 0 Å². The van der Waals surface area contributed by atoms with E-state index in [0.717, 1.165) is 12.5 Å². The second kappa shape index (κ2) is 8.30. The van der Waals surface area contributed by atoms with Crippen molar-refractivity contribution in [2.45, 2.75) is 44.6 Å². The number of hydrogen-bond acceptors (Lipinski definition) is 4. The zero-order valence-electron chi connectivity index (χ0n) is 16.3. The SMILES string of the molecule is COc1ccc(C(=O)OCC[C@@H]2CCC[N@@+]3(C)CCCC[C@@H]23)cc1OC. The van der Waals surface area contributed by atoms with Gasteiger partial charge in [-0.1, -0.05) is 0 Å². The van der Waals surface area contributed by atoms with Crippen LogP contribution in [0.15, 0.2) is 18.2 Å². The van der Waals surface area contributed by atoms with Crippen molar-refractivity contribution in [1.82, 2.24) is 0 Å². The Labute approximate surface area is 156 Å². The molecule has 0 spiro atoms. The fourth-order valence-corrected chi connectivity index (χ4v) is 4.92. The van der Waals surface area contributed by atoms with Gasteiger partial charge in [-0.3, -0.25) is 0 Å². The molecule has 0 radical (unpaired) electrons. The lowest BCUT2D eigenvalue weighted by atomic mass is 9.80. The number of benzene rings is 1. The lowest BCUT2D eigenvalue weighted by Gasteiger charge is -2.51. The summed E-state index contributed by atoms with van der Waals surface area (Å²) in [7, 11) is 5.57. The molecule has 5 heteroatoms. The molecule has 0 amide bonds. The molecule has 2 aliphatic rings. The summed E-state index contributed by atoms with van der Waals surface area (Å²) in [4.78, 5) is 12.4. The largest absolute Gasteiger partial charge is 0.493 e. The predicted molar refractivity (Wildman–Crippen MR) is 101 cm³/mol. The van der Waals surface area contributed by atoms with E-state index in [-0.39, 0.29) is 5.97 Å². The molecule has 0 unspecified atom stereocenters. The van der Waals surface area contributed by atoms with E-state index in [9.17, 15) is 4.79 Å². The number of ether oxygens (including phenoxy) is 3. The maximum atomic E-state index is 12.4. The van der Waals surface area contributed by atoms with Crippen molar-refractivity contribution in [3.05, 3.63) is 23.8 Å². The van der Waals surface area contributed by atoms with E-state index in [2.05, 4.69) is 7.05 Å². The molecule has 0 saturated carbocycles. The van der Waals surface area contributed by atoms with Gasteiger partial charge < -0.3 is 18.7 Å². The highest BCUT2D eigenvalue weighted by molar-refractivity contribution is 5.90. The summed E-state index contributed by atoms with van der Waals surface area (Å²) < 4.78 is 17.3. The summed E-state index contributed by atoms with van der Waals surface area (Å²) in [6, 6.07) is 5.88. The number of hydrogen-bond donors (Lipinski definition) is 0. The van der Waals surface area contributed by atoms with Crippen LogP contribution in [0, 0.1) is 5.92 Å². The minimum absolute atomic E-state index is 0.289. The van der Waals surface area contributed by atoms with Crippen LogP contribution in [0.5, 0.6) is 11.5 Å². The Bertz CT molecular complexity index is 628. The molecule has 26 heavy (non-hydrogen) atoms. The number of fused-ring (bicyclic) bond motifs is 1.